The molecule has 0 bridgehead atoms. The lowest BCUT2D eigenvalue weighted by Gasteiger charge is -2.27. The molecule has 0 saturated carbocycles. The van der Waals surface area contributed by atoms with Crippen molar-refractivity contribution in [1.82, 2.24) is 14.9 Å². The maximum absolute atomic E-state index is 12.8. The largest absolute Gasteiger partial charge is 0.472 e. The van der Waals surface area contributed by atoms with Crippen molar-refractivity contribution in [1.29, 1.82) is 0 Å². The van der Waals surface area contributed by atoms with Crippen molar-refractivity contribution in [2.75, 3.05) is 13.7 Å². The first kappa shape index (κ1) is 23.5. The van der Waals surface area contributed by atoms with Crippen molar-refractivity contribution in [3.8, 4) is 17.3 Å². The van der Waals surface area contributed by atoms with Crippen LogP contribution in [0.5, 0.6) is 5.88 Å². The van der Waals surface area contributed by atoms with E-state index in [-0.39, 0.29) is 13.0 Å². The van der Waals surface area contributed by atoms with E-state index < -0.39 is 29.8 Å². The molecule has 178 valence electrons. The average Bonchev–Trinajstić information content (AvgIpc) is 3.22. The quantitative estimate of drug-likeness (QED) is 0.525. The number of amides is 1. The molecule has 0 radical (unpaired) electrons. The average molecular weight is 464 g/mol. The van der Waals surface area contributed by atoms with Crippen molar-refractivity contribution in [2.24, 2.45) is 0 Å². The van der Waals surface area contributed by atoms with Crippen molar-refractivity contribution in [3.63, 3.8) is 0 Å². The van der Waals surface area contributed by atoms with Crippen LogP contribution in [-0.2, 0) is 14.3 Å². The summed E-state index contributed by atoms with van der Waals surface area (Å²) < 4.78 is 16.8. The van der Waals surface area contributed by atoms with Crippen LogP contribution >= 0.6 is 0 Å². The summed E-state index contributed by atoms with van der Waals surface area (Å²) in [7, 11) is 1.30. The summed E-state index contributed by atoms with van der Waals surface area (Å²) in [5, 5.41) is 0.769. The van der Waals surface area contributed by atoms with E-state index in [1.54, 1.807) is 20.8 Å². The van der Waals surface area contributed by atoms with Gasteiger partial charge in [-0.15, -0.1) is 0 Å². The lowest BCUT2D eigenvalue weighted by molar-refractivity contribution is -0.145. The Labute approximate surface area is 198 Å². The first-order valence-electron chi connectivity index (χ1n) is 11.2. The van der Waals surface area contributed by atoms with E-state index in [0.717, 1.165) is 22.0 Å². The summed E-state index contributed by atoms with van der Waals surface area (Å²) in [6, 6.07) is 14.8. The van der Waals surface area contributed by atoms with Crippen LogP contribution in [0.4, 0.5) is 4.79 Å². The second-order valence-electron chi connectivity index (χ2n) is 9.39. The number of rotatable bonds is 4. The van der Waals surface area contributed by atoms with Gasteiger partial charge in [-0.1, -0.05) is 42.0 Å². The van der Waals surface area contributed by atoms with Gasteiger partial charge in [-0.2, -0.15) is 4.98 Å². The summed E-state index contributed by atoms with van der Waals surface area (Å²) >= 11 is 0. The third-order valence-corrected chi connectivity index (χ3v) is 5.49. The van der Waals surface area contributed by atoms with Crippen molar-refractivity contribution in [3.05, 3.63) is 54.1 Å². The highest BCUT2D eigenvalue weighted by Gasteiger charge is 2.43. The van der Waals surface area contributed by atoms with Crippen molar-refractivity contribution < 1.29 is 23.8 Å². The number of hydrogen-bond donors (Lipinski definition) is 0. The van der Waals surface area contributed by atoms with Gasteiger partial charge in [0.1, 0.15) is 17.7 Å². The topological polar surface area (TPSA) is 90.9 Å². The fourth-order valence-corrected chi connectivity index (χ4v) is 3.94. The highest BCUT2D eigenvalue weighted by Crippen LogP contribution is 2.31. The van der Waals surface area contributed by atoms with E-state index in [9.17, 15) is 9.59 Å². The lowest BCUT2D eigenvalue weighted by atomic mass is 10.1. The molecule has 1 aliphatic heterocycles. The normalized spacial score (nSPS) is 18.1. The number of aromatic nitrogens is 2. The zero-order valence-electron chi connectivity index (χ0n) is 20.1. The maximum atomic E-state index is 12.8. The second-order valence-corrected chi connectivity index (χ2v) is 9.39. The highest BCUT2D eigenvalue weighted by atomic mass is 16.6. The number of fused-ring (bicyclic) bond motifs is 1. The molecule has 2 heterocycles. The second kappa shape index (κ2) is 9.29. The van der Waals surface area contributed by atoms with Gasteiger partial charge in [-0.3, -0.25) is 4.90 Å². The van der Waals surface area contributed by atoms with Gasteiger partial charge < -0.3 is 14.2 Å². The van der Waals surface area contributed by atoms with Gasteiger partial charge in [-0.05, 0) is 39.8 Å². The minimum absolute atomic E-state index is 0.173. The molecule has 34 heavy (non-hydrogen) atoms. The number of carbonyl (C=O) groups excluding carboxylic acids is 2. The van der Waals surface area contributed by atoms with E-state index in [2.05, 4.69) is 0 Å². The Bertz CT molecular complexity index is 1210. The number of aryl methyl sites for hydroxylation is 1. The van der Waals surface area contributed by atoms with E-state index in [4.69, 9.17) is 24.2 Å². The summed E-state index contributed by atoms with van der Waals surface area (Å²) in [6.45, 7) is 7.50. The highest BCUT2D eigenvalue weighted by molar-refractivity contribution is 5.86. The van der Waals surface area contributed by atoms with Gasteiger partial charge in [0.15, 0.2) is 5.82 Å². The number of benzene rings is 2. The van der Waals surface area contributed by atoms with Crippen LogP contribution in [-0.4, -0.2) is 58.3 Å². The van der Waals surface area contributed by atoms with E-state index >= 15 is 0 Å². The lowest BCUT2D eigenvalue weighted by Crippen LogP contribution is -2.44. The molecule has 2 unspecified atom stereocenters. The molecule has 3 aromatic rings. The van der Waals surface area contributed by atoms with E-state index in [0.29, 0.717) is 11.7 Å². The standard InChI is InChI=1S/C26H29N3O5/c1-16-11-12-20-19(13-16)23(28-22(27-20)17-9-7-6-8-10-17)33-18-14-21(24(30)32-5)29(15-18)25(31)34-26(2,3)4/h6-13,18,21H,14-15H2,1-5H3. The zero-order chi connectivity index (χ0) is 24.5. The Hall–Kier alpha value is -3.68. The number of esters is 1. The van der Waals surface area contributed by atoms with Gasteiger partial charge in [0.05, 0.1) is 24.6 Å². The summed E-state index contributed by atoms with van der Waals surface area (Å²) in [5.41, 5.74) is 1.97. The fraction of sp³-hybridized carbons (Fsp3) is 0.385. The van der Waals surface area contributed by atoms with Gasteiger partial charge in [-0.25, -0.2) is 14.6 Å². The molecule has 1 aromatic heterocycles. The molecule has 0 N–H and O–H groups in total. The van der Waals surface area contributed by atoms with Crippen LogP contribution in [0.3, 0.4) is 0 Å². The van der Waals surface area contributed by atoms with Gasteiger partial charge >= 0.3 is 12.1 Å². The Balaban J connectivity index is 1.67. The fourth-order valence-electron chi connectivity index (χ4n) is 3.94. The third-order valence-electron chi connectivity index (χ3n) is 5.49. The van der Waals surface area contributed by atoms with Gasteiger partial charge in [0.2, 0.25) is 5.88 Å². The van der Waals surface area contributed by atoms with E-state index in [1.807, 2.05) is 55.5 Å². The smallest absolute Gasteiger partial charge is 0.411 e. The van der Waals surface area contributed by atoms with Crippen molar-refractivity contribution >= 4 is 23.0 Å². The van der Waals surface area contributed by atoms with Gasteiger partial charge in [0, 0.05) is 12.0 Å². The zero-order valence-corrected chi connectivity index (χ0v) is 20.1. The molecule has 1 fully saturated rings. The summed E-state index contributed by atoms with van der Waals surface area (Å²) in [4.78, 5) is 36.0. The van der Waals surface area contributed by atoms with Crippen LogP contribution in [0.15, 0.2) is 48.5 Å². The van der Waals surface area contributed by atoms with Crippen molar-refractivity contribution in [2.45, 2.75) is 51.9 Å². The number of methoxy groups -OCH3 is 1. The SMILES string of the molecule is COC(=O)C1CC(Oc2nc(-c3ccccc3)nc3ccc(C)cc23)CN1C(=O)OC(C)(C)C. The molecular weight excluding hydrogens is 434 g/mol. The molecule has 8 nitrogen and oxygen atoms in total. The van der Waals surface area contributed by atoms with Crippen LogP contribution in [0, 0.1) is 6.92 Å². The number of nitrogens with zero attached hydrogens (tertiary/aromatic N) is 3. The first-order valence-corrected chi connectivity index (χ1v) is 11.2. The summed E-state index contributed by atoms with van der Waals surface area (Å²) in [6.07, 6.45) is -0.787. The molecule has 8 heteroatoms. The predicted molar refractivity (Wildman–Crippen MR) is 127 cm³/mol. The van der Waals surface area contributed by atoms with Crippen LogP contribution in [0.1, 0.15) is 32.8 Å². The number of hydrogen-bond acceptors (Lipinski definition) is 7. The van der Waals surface area contributed by atoms with Crippen LogP contribution < -0.4 is 4.74 Å². The number of ether oxygens (including phenoxy) is 3. The molecule has 2 atom stereocenters. The minimum Gasteiger partial charge on any atom is -0.472 e. The Kier molecular flexibility index (Phi) is 6.41. The molecule has 1 amide bonds. The number of carbonyl (C=O) groups is 2. The molecular formula is C26H29N3O5. The van der Waals surface area contributed by atoms with E-state index in [1.165, 1.54) is 12.0 Å². The third kappa shape index (κ3) is 5.11. The number of likely N-dealkylation sites (tertiary alicyclic amines) is 1. The molecule has 1 saturated heterocycles. The maximum Gasteiger partial charge on any atom is 0.411 e. The molecule has 2 aromatic carbocycles. The summed E-state index contributed by atoms with van der Waals surface area (Å²) in [5.74, 6) is 0.441. The Morgan fingerprint density at radius 2 is 1.79 bits per heavy atom. The molecule has 0 aliphatic carbocycles. The van der Waals surface area contributed by atoms with Gasteiger partial charge in [0.25, 0.3) is 0 Å². The Morgan fingerprint density at radius 3 is 2.47 bits per heavy atom. The molecule has 0 spiro atoms. The Morgan fingerprint density at radius 1 is 1.06 bits per heavy atom. The first-order chi connectivity index (χ1) is 16.1. The monoisotopic (exact) mass is 463 g/mol. The van der Waals surface area contributed by atoms with Crippen LogP contribution in [0.25, 0.3) is 22.3 Å². The predicted octanol–water partition coefficient (Wildman–Crippen LogP) is 4.54. The molecule has 4 rings (SSSR count). The molecule has 1 aliphatic rings. The minimum atomic E-state index is -0.798. The van der Waals surface area contributed by atoms with Crippen LogP contribution in [0.2, 0.25) is 0 Å².